The summed E-state index contributed by atoms with van der Waals surface area (Å²) in [5.74, 6) is 1.71. The zero-order chi connectivity index (χ0) is 17.9. The van der Waals surface area contributed by atoms with Crippen LogP contribution in [0.3, 0.4) is 0 Å². The van der Waals surface area contributed by atoms with Crippen LogP contribution in [0, 0.1) is 5.41 Å². The summed E-state index contributed by atoms with van der Waals surface area (Å²) in [6.45, 7) is 5.09. The smallest absolute Gasteiger partial charge is 0.127 e. The molecule has 0 amide bonds. The standard InChI is InChI=1S/C20H29NO4/c1-3-7-20(14-22)13-21(8-6-19(20)23)11-15-9-16-10-17(24-2)4-5-18(16)25-12-15/h4-5,9-10,19,22-23H,3,6-8,11-14H2,1-2H3/t19-,20+/m1/s1. The van der Waals surface area contributed by atoms with E-state index in [0.29, 0.717) is 13.0 Å². The Balaban J connectivity index is 1.72. The molecular formula is C20H29NO4. The van der Waals surface area contributed by atoms with E-state index in [1.165, 1.54) is 5.57 Å². The first-order valence-electron chi connectivity index (χ1n) is 9.12. The zero-order valence-corrected chi connectivity index (χ0v) is 15.2. The normalized spacial score (nSPS) is 26.6. The van der Waals surface area contributed by atoms with Gasteiger partial charge in [0.15, 0.2) is 0 Å². The van der Waals surface area contributed by atoms with Gasteiger partial charge in [-0.05, 0) is 42.7 Å². The van der Waals surface area contributed by atoms with Crippen molar-refractivity contribution in [1.29, 1.82) is 0 Å². The van der Waals surface area contributed by atoms with Crippen molar-refractivity contribution in [2.75, 3.05) is 40.0 Å². The van der Waals surface area contributed by atoms with Crippen LogP contribution < -0.4 is 9.47 Å². The molecule has 0 bridgehead atoms. The Hall–Kier alpha value is -1.56. The molecule has 1 saturated heterocycles. The van der Waals surface area contributed by atoms with E-state index in [1.54, 1.807) is 7.11 Å². The highest BCUT2D eigenvalue weighted by Crippen LogP contribution is 2.36. The van der Waals surface area contributed by atoms with Crippen LogP contribution in [0.25, 0.3) is 6.08 Å². The van der Waals surface area contributed by atoms with Gasteiger partial charge < -0.3 is 19.7 Å². The highest BCUT2D eigenvalue weighted by Gasteiger charge is 2.41. The van der Waals surface area contributed by atoms with Gasteiger partial charge in [-0.25, -0.2) is 0 Å². The number of nitrogens with zero attached hydrogens (tertiary/aromatic N) is 1. The number of piperidine rings is 1. The fraction of sp³-hybridized carbons (Fsp3) is 0.600. The first-order chi connectivity index (χ1) is 12.1. The average Bonchev–Trinajstić information content (AvgIpc) is 2.64. The van der Waals surface area contributed by atoms with Gasteiger partial charge >= 0.3 is 0 Å². The second-order valence-corrected chi connectivity index (χ2v) is 7.28. The maximum atomic E-state index is 10.4. The van der Waals surface area contributed by atoms with E-state index in [4.69, 9.17) is 9.47 Å². The van der Waals surface area contributed by atoms with Gasteiger partial charge in [0, 0.05) is 30.6 Å². The first-order valence-corrected chi connectivity index (χ1v) is 9.12. The Morgan fingerprint density at radius 3 is 2.96 bits per heavy atom. The van der Waals surface area contributed by atoms with Crippen LogP contribution >= 0.6 is 0 Å². The van der Waals surface area contributed by atoms with Crippen molar-refractivity contribution in [3.05, 3.63) is 29.3 Å². The Bertz CT molecular complexity index is 630. The number of rotatable bonds is 6. The second kappa shape index (κ2) is 7.77. The molecule has 0 aromatic heterocycles. The topological polar surface area (TPSA) is 62.2 Å². The Kier molecular flexibility index (Phi) is 5.67. The summed E-state index contributed by atoms with van der Waals surface area (Å²) in [5, 5.41) is 20.3. The van der Waals surface area contributed by atoms with Crippen LogP contribution in [0.4, 0.5) is 0 Å². The third-order valence-corrected chi connectivity index (χ3v) is 5.44. The molecule has 0 radical (unpaired) electrons. The summed E-state index contributed by atoms with van der Waals surface area (Å²) in [6.07, 6.45) is 4.27. The highest BCUT2D eigenvalue weighted by atomic mass is 16.5. The molecule has 1 aromatic rings. The number of aliphatic hydroxyl groups is 2. The summed E-state index contributed by atoms with van der Waals surface area (Å²) in [5.41, 5.74) is 1.85. The SMILES string of the molecule is CCC[C@@]1(CO)CN(CC2=Cc3cc(OC)ccc3OC2)CC[C@H]1O. The predicted molar refractivity (Wildman–Crippen MR) is 98.0 cm³/mol. The second-order valence-electron chi connectivity index (χ2n) is 7.28. The maximum Gasteiger partial charge on any atom is 0.127 e. The van der Waals surface area contributed by atoms with Crippen molar-refractivity contribution in [3.8, 4) is 11.5 Å². The molecule has 0 aliphatic carbocycles. The molecule has 0 saturated carbocycles. The lowest BCUT2D eigenvalue weighted by atomic mass is 9.74. The van der Waals surface area contributed by atoms with Crippen molar-refractivity contribution in [2.24, 2.45) is 5.41 Å². The van der Waals surface area contributed by atoms with E-state index in [9.17, 15) is 10.2 Å². The molecule has 25 heavy (non-hydrogen) atoms. The number of hydrogen-bond donors (Lipinski definition) is 2. The van der Waals surface area contributed by atoms with Crippen LogP contribution in [0.2, 0.25) is 0 Å². The van der Waals surface area contributed by atoms with Gasteiger partial charge in [-0.3, -0.25) is 4.90 Å². The van der Waals surface area contributed by atoms with Gasteiger partial charge in [-0.1, -0.05) is 13.3 Å². The molecule has 5 nitrogen and oxygen atoms in total. The number of likely N-dealkylation sites (tertiary alicyclic amines) is 1. The molecule has 2 N–H and O–H groups in total. The van der Waals surface area contributed by atoms with Gasteiger partial charge in [0.2, 0.25) is 0 Å². The molecular weight excluding hydrogens is 318 g/mol. The van der Waals surface area contributed by atoms with E-state index in [-0.39, 0.29) is 6.61 Å². The van der Waals surface area contributed by atoms with E-state index in [2.05, 4.69) is 17.9 Å². The summed E-state index contributed by atoms with van der Waals surface area (Å²) >= 11 is 0. The predicted octanol–water partition coefficient (Wildman–Crippen LogP) is 2.32. The number of aliphatic hydroxyl groups excluding tert-OH is 2. The van der Waals surface area contributed by atoms with Gasteiger partial charge in [0.25, 0.3) is 0 Å². The van der Waals surface area contributed by atoms with Crippen LogP contribution in [0.5, 0.6) is 11.5 Å². The number of benzene rings is 1. The summed E-state index contributed by atoms with van der Waals surface area (Å²) in [7, 11) is 1.66. The quantitative estimate of drug-likeness (QED) is 0.827. The average molecular weight is 347 g/mol. The summed E-state index contributed by atoms with van der Waals surface area (Å²) < 4.78 is 11.2. The van der Waals surface area contributed by atoms with E-state index in [0.717, 1.165) is 49.5 Å². The van der Waals surface area contributed by atoms with E-state index < -0.39 is 11.5 Å². The minimum absolute atomic E-state index is 0.0358. The minimum Gasteiger partial charge on any atom is -0.497 e. The lowest BCUT2D eigenvalue weighted by molar-refractivity contribution is -0.0782. The van der Waals surface area contributed by atoms with Crippen molar-refractivity contribution >= 4 is 6.08 Å². The number of ether oxygens (including phenoxy) is 2. The molecule has 2 aliphatic rings. The van der Waals surface area contributed by atoms with E-state index >= 15 is 0 Å². The van der Waals surface area contributed by atoms with Gasteiger partial charge in [-0.15, -0.1) is 0 Å². The fourth-order valence-corrected chi connectivity index (χ4v) is 4.06. The molecule has 2 atom stereocenters. The third-order valence-electron chi connectivity index (χ3n) is 5.44. The lowest BCUT2D eigenvalue weighted by Gasteiger charge is -2.45. The Morgan fingerprint density at radius 2 is 2.24 bits per heavy atom. The minimum atomic E-state index is -0.421. The monoisotopic (exact) mass is 347 g/mol. The molecule has 5 heteroatoms. The Morgan fingerprint density at radius 1 is 1.40 bits per heavy atom. The molecule has 2 heterocycles. The van der Waals surface area contributed by atoms with Crippen LogP contribution in [-0.2, 0) is 0 Å². The molecule has 1 aromatic carbocycles. The first kappa shape index (κ1) is 18.2. The molecule has 0 unspecified atom stereocenters. The van der Waals surface area contributed by atoms with Gasteiger partial charge in [0.1, 0.15) is 18.1 Å². The maximum absolute atomic E-state index is 10.4. The Labute approximate surface area is 149 Å². The van der Waals surface area contributed by atoms with Crippen molar-refractivity contribution in [2.45, 2.75) is 32.3 Å². The highest BCUT2D eigenvalue weighted by molar-refractivity contribution is 5.64. The van der Waals surface area contributed by atoms with Gasteiger partial charge in [0.05, 0.1) is 19.8 Å². The fourth-order valence-electron chi connectivity index (χ4n) is 4.06. The lowest BCUT2D eigenvalue weighted by Crippen LogP contribution is -2.54. The number of hydrogen-bond acceptors (Lipinski definition) is 5. The molecule has 138 valence electrons. The summed E-state index contributed by atoms with van der Waals surface area (Å²) in [6, 6.07) is 5.84. The number of fused-ring (bicyclic) bond motifs is 1. The molecule has 3 rings (SSSR count). The van der Waals surface area contributed by atoms with Crippen LogP contribution in [0.1, 0.15) is 31.7 Å². The molecule has 0 spiro atoms. The van der Waals surface area contributed by atoms with Crippen LogP contribution in [0.15, 0.2) is 23.8 Å². The molecule has 1 fully saturated rings. The number of methoxy groups -OCH3 is 1. The van der Waals surface area contributed by atoms with Crippen molar-refractivity contribution < 1.29 is 19.7 Å². The largest absolute Gasteiger partial charge is 0.497 e. The van der Waals surface area contributed by atoms with Crippen molar-refractivity contribution in [1.82, 2.24) is 4.90 Å². The zero-order valence-electron chi connectivity index (χ0n) is 15.2. The van der Waals surface area contributed by atoms with Crippen LogP contribution in [-0.4, -0.2) is 61.2 Å². The van der Waals surface area contributed by atoms with E-state index in [1.807, 2.05) is 18.2 Å². The summed E-state index contributed by atoms with van der Waals surface area (Å²) in [4.78, 5) is 2.33. The third kappa shape index (κ3) is 3.84. The van der Waals surface area contributed by atoms with Gasteiger partial charge in [-0.2, -0.15) is 0 Å². The molecule has 2 aliphatic heterocycles. The van der Waals surface area contributed by atoms with Crippen molar-refractivity contribution in [3.63, 3.8) is 0 Å².